The second kappa shape index (κ2) is 15.1. The third-order valence-corrected chi connectivity index (χ3v) is 7.99. The quantitative estimate of drug-likeness (QED) is 0.118. The molecular weight excluding hydrogens is 630 g/mol. The molecule has 4 rings (SSSR count). The van der Waals surface area contributed by atoms with Gasteiger partial charge in [0.25, 0.3) is 11.8 Å². The minimum absolute atomic E-state index is 0.0104. The van der Waals surface area contributed by atoms with E-state index < -0.39 is 11.8 Å². The Balaban J connectivity index is 1.50. The molecular formula is C33H30BrN3O5S. The Kier molecular flexibility index (Phi) is 11.0. The summed E-state index contributed by atoms with van der Waals surface area (Å²) in [6, 6.07) is 28.3. The number of hydrogen-bond acceptors (Lipinski definition) is 6. The minimum Gasteiger partial charge on any atom is -0.497 e. The summed E-state index contributed by atoms with van der Waals surface area (Å²) in [7, 11) is 3.06. The van der Waals surface area contributed by atoms with E-state index in [0.717, 1.165) is 9.37 Å². The summed E-state index contributed by atoms with van der Waals surface area (Å²) in [6.07, 6.45) is 1.53. The van der Waals surface area contributed by atoms with Crippen molar-refractivity contribution in [1.29, 1.82) is 0 Å². The van der Waals surface area contributed by atoms with Crippen LogP contribution in [0.1, 0.15) is 22.8 Å². The number of carbonyl (C=O) groups is 3. The van der Waals surface area contributed by atoms with Gasteiger partial charge in [-0.25, -0.2) is 0 Å². The molecule has 8 nitrogen and oxygen atoms in total. The second-order valence-corrected chi connectivity index (χ2v) is 11.5. The number of thioether (sulfide) groups is 1. The maximum atomic E-state index is 13.5. The van der Waals surface area contributed by atoms with Gasteiger partial charge in [0.15, 0.2) is 0 Å². The van der Waals surface area contributed by atoms with E-state index in [9.17, 15) is 14.4 Å². The summed E-state index contributed by atoms with van der Waals surface area (Å²) in [5.74, 6) is -0.0415. The largest absolute Gasteiger partial charge is 0.497 e. The Bertz CT molecular complexity index is 1630. The van der Waals surface area contributed by atoms with E-state index in [-0.39, 0.29) is 16.9 Å². The monoisotopic (exact) mass is 659 g/mol. The van der Waals surface area contributed by atoms with Gasteiger partial charge in [0, 0.05) is 26.2 Å². The van der Waals surface area contributed by atoms with Crippen molar-refractivity contribution in [2.45, 2.75) is 17.1 Å². The van der Waals surface area contributed by atoms with E-state index in [4.69, 9.17) is 9.47 Å². The van der Waals surface area contributed by atoms with Gasteiger partial charge in [-0.2, -0.15) is 0 Å². The molecule has 3 N–H and O–H groups in total. The Hall–Kier alpha value is -4.54. The molecule has 0 aliphatic heterocycles. The second-order valence-electron chi connectivity index (χ2n) is 9.19. The van der Waals surface area contributed by atoms with Gasteiger partial charge in [0.2, 0.25) is 5.91 Å². The van der Waals surface area contributed by atoms with Gasteiger partial charge < -0.3 is 25.4 Å². The first kappa shape index (κ1) is 31.4. The Morgan fingerprint density at radius 3 is 2.21 bits per heavy atom. The number of carbonyl (C=O) groups excluding carboxylic acids is 3. The zero-order valence-electron chi connectivity index (χ0n) is 23.7. The van der Waals surface area contributed by atoms with E-state index in [1.807, 2.05) is 43.3 Å². The number of hydrogen-bond donors (Lipinski definition) is 3. The molecule has 4 aromatic rings. The van der Waals surface area contributed by atoms with Crippen LogP contribution in [0.2, 0.25) is 0 Å². The molecule has 43 heavy (non-hydrogen) atoms. The number of methoxy groups -OCH3 is 2. The van der Waals surface area contributed by atoms with Crippen LogP contribution in [0.3, 0.4) is 0 Å². The summed E-state index contributed by atoms with van der Waals surface area (Å²) in [5, 5.41) is 8.12. The lowest BCUT2D eigenvalue weighted by Crippen LogP contribution is -2.30. The van der Waals surface area contributed by atoms with Crippen molar-refractivity contribution in [2.24, 2.45) is 0 Å². The van der Waals surface area contributed by atoms with E-state index in [1.54, 1.807) is 60.7 Å². The molecule has 1 atom stereocenters. The average Bonchev–Trinajstić information content (AvgIpc) is 3.03. The van der Waals surface area contributed by atoms with Crippen LogP contribution >= 0.6 is 27.7 Å². The average molecular weight is 661 g/mol. The first-order chi connectivity index (χ1) is 20.8. The van der Waals surface area contributed by atoms with E-state index in [0.29, 0.717) is 34.0 Å². The summed E-state index contributed by atoms with van der Waals surface area (Å²) in [4.78, 5) is 40.0. The first-order valence-corrected chi connectivity index (χ1v) is 14.9. The number of amides is 3. The topological polar surface area (TPSA) is 106 Å². The number of anilines is 2. The molecule has 0 radical (unpaired) electrons. The van der Waals surface area contributed by atoms with E-state index in [2.05, 4.69) is 31.9 Å². The maximum Gasteiger partial charge on any atom is 0.272 e. The van der Waals surface area contributed by atoms with Crippen molar-refractivity contribution in [2.75, 3.05) is 24.9 Å². The number of benzene rings is 4. The van der Waals surface area contributed by atoms with Crippen molar-refractivity contribution < 1.29 is 23.9 Å². The molecule has 0 spiro atoms. The minimum atomic E-state index is -0.532. The van der Waals surface area contributed by atoms with Gasteiger partial charge in [-0.05, 0) is 95.7 Å². The fourth-order valence-electron chi connectivity index (χ4n) is 3.92. The fourth-order valence-corrected chi connectivity index (χ4v) is 5.17. The Morgan fingerprint density at radius 1 is 0.837 bits per heavy atom. The van der Waals surface area contributed by atoms with Crippen LogP contribution in [0, 0.1) is 0 Å². The van der Waals surface area contributed by atoms with Crippen LogP contribution in [-0.4, -0.2) is 37.2 Å². The van der Waals surface area contributed by atoms with Gasteiger partial charge in [-0.3, -0.25) is 14.4 Å². The fraction of sp³-hybridized carbons (Fsp3) is 0.121. The highest BCUT2D eigenvalue weighted by Crippen LogP contribution is 2.29. The Morgan fingerprint density at radius 2 is 1.53 bits per heavy atom. The highest BCUT2D eigenvalue weighted by molar-refractivity contribution is 9.10. The summed E-state index contributed by atoms with van der Waals surface area (Å²) >= 11 is 4.83. The number of nitrogens with one attached hydrogen (secondary N) is 3. The van der Waals surface area contributed by atoms with Crippen LogP contribution in [0.25, 0.3) is 6.08 Å². The van der Waals surface area contributed by atoms with Crippen LogP contribution in [0.5, 0.6) is 11.5 Å². The van der Waals surface area contributed by atoms with Crippen molar-refractivity contribution in [3.05, 3.63) is 118 Å². The van der Waals surface area contributed by atoms with Crippen LogP contribution in [0.15, 0.2) is 112 Å². The third kappa shape index (κ3) is 8.73. The van der Waals surface area contributed by atoms with Gasteiger partial charge in [0.05, 0.1) is 25.2 Å². The van der Waals surface area contributed by atoms with Crippen molar-refractivity contribution >= 4 is 62.9 Å². The lowest BCUT2D eigenvalue weighted by atomic mass is 10.1. The number of rotatable bonds is 11. The molecule has 0 aliphatic rings. The highest BCUT2D eigenvalue weighted by Gasteiger charge is 2.18. The number of para-hydroxylation sites is 1. The van der Waals surface area contributed by atoms with Crippen molar-refractivity contribution in [3.8, 4) is 11.5 Å². The third-order valence-electron chi connectivity index (χ3n) is 6.19. The lowest BCUT2D eigenvalue weighted by Gasteiger charge is -2.14. The predicted molar refractivity (Wildman–Crippen MR) is 175 cm³/mol. The predicted octanol–water partition coefficient (Wildman–Crippen LogP) is 7.00. The number of halogens is 1. The smallest absolute Gasteiger partial charge is 0.272 e. The van der Waals surface area contributed by atoms with Gasteiger partial charge in [0.1, 0.15) is 17.2 Å². The highest BCUT2D eigenvalue weighted by atomic mass is 79.9. The molecule has 10 heteroatoms. The zero-order chi connectivity index (χ0) is 30.8. The summed E-state index contributed by atoms with van der Waals surface area (Å²) in [5.41, 5.74) is 2.17. The molecule has 220 valence electrons. The molecule has 0 saturated heterocycles. The SMILES string of the molecule is COc1ccc(OC)c(/C=C(\NC(=O)c2ccccc2)C(=O)Nc2ccc(SC(C)C(=O)Nc3ccccc3Br)cc2)c1. The molecule has 1 unspecified atom stereocenters. The maximum absolute atomic E-state index is 13.5. The van der Waals surface area contributed by atoms with Crippen molar-refractivity contribution in [3.63, 3.8) is 0 Å². The van der Waals surface area contributed by atoms with E-state index >= 15 is 0 Å². The Labute approximate surface area is 263 Å². The van der Waals surface area contributed by atoms with Crippen LogP contribution in [-0.2, 0) is 9.59 Å². The molecule has 0 bridgehead atoms. The molecule has 0 aliphatic carbocycles. The van der Waals surface area contributed by atoms with Gasteiger partial charge >= 0.3 is 0 Å². The normalized spacial score (nSPS) is 11.7. The number of ether oxygens (including phenoxy) is 2. The molecule has 0 fully saturated rings. The lowest BCUT2D eigenvalue weighted by molar-refractivity contribution is -0.115. The zero-order valence-corrected chi connectivity index (χ0v) is 26.1. The molecule has 0 saturated carbocycles. The van der Waals surface area contributed by atoms with Gasteiger partial charge in [-0.1, -0.05) is 30.3 Å². The van der Waals surface area contributed by atoms with Crippen LogP contribution in [0.4, 0.5) is 11.4 Å². The van der Waals surface area contributed by atoms with Crippen LogP contribution < -0.4 is 25.4 Å². The standard InChI is InChI=1S/C33H30BrN3O5S/c1-21(31(38)36-28-12-8-7-11-27(28)34)43-26-16-13-24(14-17-26)35-33(40)29(37-32(39)22-9-5-4-6-10-22)20-23-19-25(41-2)15-18-30(23)42-3/h4-21H,1-3H3,(H,35,40)(H,36,38)(H,37,39)/b29-20-. The van der Waals surface area contributed by atoms with Gasteiger partial charge in [-0.15, -0.1) is 11.8 Å². The molecule has 0 aromatic heterocycles. The summed E-state index contributed by atoms with van der Waals surface area (Å²) in [6.45, 7) is 1.83. The van der Waals surface area contributed by atoms with E-state index in [1.165, 1.54) is 32.1 Å². The molecule has 0 heterocycles. The molecule has 3 amide bonds. The molecule has 4 aromatic carbocycles. The summed E-state index contributed by atoms with van der Waals surface area (Å²) < 4.78 is 11.6. The first-order valence-electron chi connectivity index (χ1n) is 13.2. The van der Waals surface area contributed by atoms with Crippen molar-refractivity contribution in [1.82, 2.24) is 5.32 Å².